The average molecular weight is 433 g/mol. The number of anilines is 1. The average Bonchev–Trinajstić information content (AvgIpc) is 3.32. The van der Waals surface area contributed by atoms with Gasteiger partial charge in [-0.3, -0.25) is 4.79 Å². The minimum Gasteiger partial charge on any atom is -0.486 e. The van der Waals surface area contributed by atoms with Crippen molar-refractivity contribution in [2.24, 2.45) is 0 Å². The van der Waals surface area contributed by atoms with Gasteiger partial charge in [-0.1, -0.05) is 0 Å². The third-order valence-electron chi connectivity index (χ3n) is 5.76. The normalized spacial score (nSPS) is 14.1. The molecule has 1 fully saturated rings. The fourth-order valence-electron chi connectivity index (χ4n) is 3.85. The predicted octanol–water partition coefficient (Wildman–Crippen LogP) is 4.61. The third-order valence-corrected chi connectivity index (χ3v) is 5.76. The quantitative estimate of drug-likeness (QED) is 0.568. The number of furan rings is 1. The number of ether oxygens (including phenoxy) is 1. The Hall–Kier alpha value is -3.79. The van der Waals surface area contributed by atoms with Crippen LogP contribution in [0.2, 0.25) is 0 Å². The van der Waals surface area contributed by atoms with Crippen molar-refractivity contribution < 1.29 is 18.3 Å². The standard InChI is InChI=1S/C25H24FN3O3/c1-28(20-12-14-29(15-13-20)21-6-4-19(26)5-7-21)25(30)24-11-10-23(32-24)17-31-22-8-2-18(16-27)3-9-22/h2-11,20H,12-15,17H2,1H3. The van der Waals surface area contributed by atoms with Crippen LogP contribution in [-0.4, -0.2) is 37.0 Å². The summed E-state index contributed by atoms with van der Waals surface area (Å²) in [7, 11) is 1.80. The van der Waals surface area contributed by atoms with Crippen molar-refractivity contribution in [2.45, 2.75) is 25.5 Å². The molecule has 0 saturated carbocycles. The maximum absolute atomic E-state index is 13.1. The second kappa shape index (κ2) is 9.56. The summed E-state index contributed by atoms with van der Waals surface area (Å²) in [4.78, 5) is 16.8. The minimum absolute atomic E-state index is 0.114. The zero-order valence-corrected chi connectivity index (χ0v) is 17.8. The minimum atomic E-state index is -0.242. The summed E-state index contributed by atoms with van der Waals surface area (Å²) in [6, 6.07) is 18.9. The van der Waals surface area contributed by atoms with Crippen molar-refractivity contribution in [1.29, 1.82) is 5.26 Å². The molecule has 0 bridgehead atoms. The van der Waals surface area contributed by atoms with E-state index in [2.05, 4.69) is 11.0 Å². The zero-order chi connectivity index (χ0) is 22.5. The smallest absolute Gasteiger partial charge is 0.289 e. The number of benzene rings is 2. The molecule has 32 heavy (non-hydrogen) atoms. The van der Waals surface area contributed by atoms with Crippen LogP contribution >= 0.6 is 0 Å². The molecule has 1 amide bonds. The highest BCUT2D eigenvalue weighted by molar-refractivity contribution is 5.91. The number of rotatable bonds is 6. The second-order valence-corrected chi connectivity index (χ2v) is 7.80. The number of carbonyl (C=O) groups excluding carboxylic acids is 1. The molecule has 1 saturated heterocycles. The van der Waals surface area contributed by atoms with Gasteiger partial charge in [-0.2, -0.15) is 5.26 Å². The number of piperidine rings is 1. The van der Waals surface area contributed by atoms with Crippen LogP contribution in [0.4, 0.5) is 10.1 Å². The second-order valence-electron chi connectivity index (χ2n) is 7.80. The van der Waals surface area contributed by atoms with E-state index in [1.807, 2.05) is 0 Å². The molecule has 1 aliphatic heterocycles. The lowest BCUT2D eigenvalue weighted by molar-refractivity contribution is 0.0673. The molecule has 3 aromatic rings. The van der Waals surface area contributed by atoms with Crippen LogP contribution in [0.25, 0.3) is 0 Å². The van der Waals surface area contributed by atoms with Crippen molar-refractivity contribution in [1.82, 2.24) is 4.90 Å². The first-order valence-corrected chi connectivity index (χ1v) is 10.5. The first-order valence-electron chi connectivity index (χ1n) is 10.5. The van der Waals surface area contributed by atoms with Gasteiger partial charge in [0.1, 0.15) is 23.9 Å². The maximum Gasteiger partial charge on any atom is 0.289 e. The number of halogens is 1. The first-order chi connectivity index (χ1) is 15.5. The van der Waals surface area contributed by atoms with Crippen molar-refractivity contribution in [3.63, 3.8) is 0 Å². The lowest BCUT2D eigenvalue weighted by Crippen LogP contribution is -2.45. The van der Waals surface area contributed by atoms with Gasteiger partial charge in [0.15, 0.2) is 5.76 Å². The summed E-state index contributed by atoms with van der Waals surface area (Å²) in [5, 5.41) is 8.85. The highest BCUT2D eigenvalue weighted by Crippen LogP contribution is 2.24. The molecule has 164 valence electrons. The fourth-order valence-corrected chi connectivity index (χ4v) is 3.85. The fraction of sp³-hybridized carbons (Fsp3) is 0.280. The highest BCUT2D eigenvalue weighted by Gasteiger charge is 2.27. The third kappa shape index (κ3) is 4.92. The van der Waals surface area contributed by atoms with E-state index in [0.29, 0.717) is 17.1 Å². The van der Waals surface area contributed by atoms with E-state index in [1.165, 1.54) is 12.1 Å². The molecule has 2 heterocycles. The van der Waals surface area contributed by atoms with E-state index in [-0.39, 0.29) is 30.1 Å². The Balaban J connectivity index is 1.30. The summed E-state index contributed by atoms with van der Waals surface area (Å²) >= 11 is 0. The Labute approximate surface area is 186 Å². The molecular formula is C25H24FN3O3. The summed E-state index contributed by atoms with van der Waals surface area (Å²) in [5.41, 5.74) is 1.56. The van der Waals surface area contributed by atoms with Gasteiger partial charge in [0.05, 0.1) is 11.6 Å². The van der Waals surface area contributed by atoms with E-state index in [0.717, 1.165) is 31.6 Å². The number of hydrogen-bond donors (Lipinski definition) is 0. The molecule has 1 aromatic heterocycles. The lowest BCUT2D eigenvalue weighted by atomic mass is 10.0. The maximum atomic E-state index is 13.1. The van der Waals surface area contributed by atoms with Crippen LogP contribution in [-0.2, 0) is 6.61 Å². The molecule has 0 spiro atoms. The topological polar surface area (TPSA) is 69.7 Å². The van der Waals surface area contributed by atoms with E-state index in [1.54, 1.807) is 60.5 Å². The molecule has 1 aliphatic rings. The molecule has 0 radical (unpaired) electrons. The number of carbonyl (C=O) groups is 1. The van der Waals surface area contributed by atoms with Crippen LogP contribution in [0.5, 0.6) is 5.75 Å². The Morgan fingerprint density at radius 1 is 1.12 bits per heavy atom. The van der Waals surface area contributed by atoms with Gasteiger partial charge in [0, 0.05) is 31.9 Å². The Kier molecular flexibility index (Phi) is 6.41. The molecule has 7 heteroatoms. The van der Waals surface area contributed by atoms with Gasteiger partial charge >= 0.3 is 0 Å². The SMILES string of the molecule is CN(C(=O)c1ccc(COc2ccc(C#N)cc2)o1)C1CCN(c2ccc(F)cc2)CC1. The van der Waals surface area contributed by atoms with Gasteiger partial charge in [0.2, 0.25) is 0 Å². The van der Waals surface area contributed by atoms with Crippen molar-refractivity contribution in [3.05, 3.63) is 83.6 Å². The molecule has 2 aromatic carbocycles. The summed E-state index contributed by atoms with van der Waals surface area (Å²) in [6.45, 7) is 1.80. The van der Waals surface area contributed by atoms with E-state index < -0.39 is 0 Å². The molecule has 6 nitrogen and oxygen atoms in total. The predicted molar refractivity (Wildman–Crippen MR) is 118 cm³/mol. The summed E-state index contributed by atoms with van der Waals surface area (Å²) in [6.07, 6.45) is 1.66. The van der Waals surface area contributed by atoms with E-state index in [4.69, 9.17) is 14.4 Å². The molecule has 0 N–H and O–H groups in total. The number of amides is 1. The summed E-state index contributed by atoms with van der Waals surface area (Å²) in [5.74, 6) is 1.06. The van der Waals surface area contributed by atoms with Crippen molar-refractivity contribution >= 4 is 11.6 Å². The van der Waals surface area contributed by atoms with Crippen LogP contribution < -0.4 is 9.64 Å². The van der Waals surface area contributed by atoms with Gasteiger partial charge < -0.3 is 19.0 Å². The van der Waals surface area contributed by atoms with Crippen molar-refractivity contribution in [2.75, 3.05) is 25.0 Å². The van der Waals surface area contributed by atoms with Gasteiger partial charge in [0.25, 0.3) is 5.91 Å². The van der Waals surface area contributed by atoms with Crippen LogP contribution in [0.3, 0.4) is 0 Å². The lowest BCUT2D eigenvalue weighted by Gasteiger charge is -2.37. The Morgan fingerprint density at radius 3 is 2.47 bits per heavy atom. The molecule has 4 rings (SSSR count). The van der Waals surface area contributed by atoms with Gasteiger partial charge in [-0.05, 0) is 73.5 Å². The molecular weight excluding hydrogens is 409 g/mol. The number of hydrogen-bond acceptors (Lipinski definition) is 5. The van der Waals surface area contributed by atoms with Gasteiger partial charge in [-0.25, -0.2) is 4.39 Å². The van der Waals surface area contributed by atoms with E-state index >= 15 is 0 Å². The Bertz CT molecular complexity index is 1090. The highest BCUT2D eigenvalue weighted by atomic mass is 19.1. The molecule has 0 atom stereocenters. The zero-order valence-electron chi connectivity index (χ0n) is 17.8. The van der Waals surface area contributed by atoms with Crippen LogP contribution in [0, 0.1) is 17.1 Å². The van der Waals surface area contributed by atoms with Crippen molar-refractivity contribution in [3.8, 4) is 11.8 Å². The monoisotopic (exact) mass is 433 g/mol. The number of nitriles is 1. The number of nitrogens with zero attached hydrogens (tertiary/aromatic N) is 3. The summed E-state index contributed by atoms with van der Waals surface area (Å²) < 4.78 is 24.5. The largest absolute Gasteiger partial charge is 0.486 e. The first kappa shape index (κ1) is 21.4. The van der Waals surface area contributed by atoms with E-state index in [9.17, 15) is 9.18 Å². The van der Waals surface area contributed by atoms with Crippen LogP contribution in [0.1, 0.15) is 34.7 Å². The van der Waals surface area contributed by atoms with Gasteiger partial charge in [-0.15, -0.1) is 0 Å². The van der Waals surface area contributed by atoms with Crippen LogP contribution in [0.15, 0.2) is 65.1 Å². The molecule has 0 aliphatic carbocycles. The molecule has 0 unspecified atom stereocenters. The Morgan fingerprint density at radius 2 is 1.81 bits per heavy atom.